The van der Waals surface area contributed by atoms with Crippen molar-refractivity contribution in [2.45, 2.75) is 17.4 Å². The van der Waals surface area contributed by atoms with E-state index in [1.165, 1.54) is 31.4 Å². The number of nitrogens with one attached hydrogen (secondary N) is 1. The topological polar surface area (TPSA) is 108 Å². The van der Waals surface area contributed by atoms with Crippen molar-refractivity contribution in [2.24, 2.45) is 0 Å². The second-order valence-electron chi connectivity index (χ2n) is 5.83. The number of hydrogen-bond donors (Lipinski definition) is 1. The molecule has 0 aliphatic carbocycles. The number of carbonyl (C=O) groups excluding carboxylic acids is 2. The zero-order chi connectivity index (χ0) is 20.3. The molecule has 1 fully saturated rings. The maximum absolute atomic E-state index is 14.2. The molecule has 0 amide bonds. The molecule has 1 aliphatic rings. The molecular formula is C18H16FNO7S. The van der Waals surface area contributed by atoms with Crippen LogP contribution in [0.5, 0.6) is 5.75 Å². The Bertz CT molecular complexity index is 1010. The van der Waals surface area contributed by atoms with Gasteiger partial charge in [0.05, 0.1) is 19.3 Å². The van der Waals surface area contributed by atoms with Crippen LogP contribution in [0.15, 0.2) is 47.4 Å². The molecule has 0 bridgehead atoms. The van der Waals surface area contributed by atoms with Crippen LogP contribution in [-0.2, 0) is 24.3 Å². The van der Waals surface area contributed by atoms with Gasteiger partial charge in [-0.2, -0.15) is 0 Å². The molecule has 0 saturated carbocycles. The highest BCUT2D eigenvalue weighted by atomic mass is 32.2. The first-order valence-corrected chi connectivity index (χ1v) is 9.62. The van der Waals surface area contributed by atoms with E-state index in [4.69, 9.17) is 14.2 Å². The zero-order valence-corrected chi connectivity index (χ0v) is 15.5. The smallest absolute Gasteiger partial charge is 0.347 e. The van der Waals surface area contributed by atoms with Gasteiger partial charge in [0.2, 0.25) is 6.10 Å². The number of benzene rings is 2. The van der Waals surface area contributed by atoms with Gasteiger partial charge >= 0.3 is 11.9 Å². The normalized spacial score (nSPS) is 16.4. The van der Waals surface area contributed by atoms with Crippen molar-refractivity contribution in [3.8, 4) is 5.75 Å². The second kappa shape index (κ2) is 7.85. The number of sulfonamides is 1. The molecule has 3 rings (SSSR count). The number of methoxy groups -OCH3 is 1. The SMILES string of the molecule is COc1ccc(NS(=O)(=O)c2cc(C(=O)OC3CCOC3=O)ccc2F)cc1. The zero-order valence-electron chi connectivity index (χ0n) is 14.7. The average Bonchev–Trinajstić information content (AvgIpc) is 3.06. The van der Waals surface area contributed by atoms with Crippen LogP contribution in [-0.4, -0.2) is 40.2 Å². The van der Waals surface area contributed by atoms with E-state index >= 15 is 0 Å². The number of rotatable bonds is 6. The highest BCUT2D eigenvalue weighted by Crippen LogP contribution is 2.23. The summed E-state index contributed by atoms with van der Waals surface area (Å²) in [6.07, 6.45) is -0.856. The van der Waals surface area contributed by atoms with E-state index in [9.17, 15) is 22.4 Å². The summed E-state index contributed by atoms with van der Waals surface area (Å²) >= 11 is 0. The predicted molar refractivity (Wildman–Crippen MR) is 95.0 cm³/mol. The Morgan fingerprint density at radius 1 is 1.21 bits per heavy atom. The molecule has 8 nitrogen and oxygen atoms in total. The molecule has 0 radical (unpaired) electrons. The number of halogens is 1. The molecule has 2 aromatic rings. The van der Waals surface area contributed by atoms with Crippen LogP contribution in [0.25, 0.3) is 0 Å². The Labute approximate surface area is 160 Å². The lowest BCUT2D eigenvalue weighted by Gasteiger charge is -2.12. The summed E-state index contributed by atoms with van der Waals surface area (Å²) < 4.78 is 56.1. The van der Waals surface area contributed by atoms with E-state index in [0.717, 1.165) is 18.2 Å². The summed E-state index contributed by atoms with van der Waals surface area (Å²) in [5, 5.41) is 0. The van der Waals surface area contributed by atoms with Crippen molar-refractivity contribution in [3.05, 3.63) is 53.8 Å². The molecule has 10 heteroatoms. The molecule has 1 N–H and O–H groups in total. The van der Waals surface area contributed by atoms with Gasteiger partial charge in [-0.25, -0.2) is 22.4 Å². The first kappa shape index (κ1) is 19.6. The highest BCUT2D eigenvalue weighted by molar-refractivity contribution is 7.92. The van der Waals surface area contributed by atoms with Crippen LogP contribution in [0, 0.1) is 5.82 Å². The monoisotopic (exact) mass is 409 g/mol. The van der Waals surface area contributed by atoms with Gasteiger partial charge < -0.3 is 14.2 Å². The summed E-state index contributed by atoms with van der Waals surface area (Å²) in [4.78, 5) is 22.9. The highest BCUT2D eigenvalue weighted by Gasteiger charge is 2.31. The fourth-order valence-electron chi connectivity index (χ4n) is 2.49. The van der Waals surface area contributed by atoms with Crippen molar-refractivity contribution in [2.75, 3.05) is 18.4 Å². The van der Waals surface area contributed by atoms with Gasteiger partial charge in [-0.15, -0.1) is 0 Å². The molecule has 1 saturated heterocycles. The minimum Gasteiger partial charge on any atom is -0.497 e. The molecule has 1 heterocycles. The van der Waals surface area contributed by atoms with Gasteiger partial charge in [0.1, 0.15) is 16.5 Å². The maximum atomic E-state index is 14.2. The Morgan fingerprint density at radius 3 is 2.54 bits per heavy atom. The minimum absolute atomic E-state index is 0.131. The van der Waals surface area contributed by atoms with E-state index in [1.54, 1.807) is 0 Å². The molecule has 148 valence electrons. The fraction of sp³-hybridized carbons (Fsp3) is 0.222. The third-order valence-electron chi connectivity index (χ3n) is 3.94. The summed E-state index contributed by atoms with van der Waals surface area (Å²) in [6, 6.07) is 8.71. The molecular weight excluding hydrogens is 393 g/mol. The molecule has 1 aliphatic heterocycles. The second-order valence-corrected chi connectivity index (χ2v) is 7.48. The molecule has 28 heavy (non-hydrogen) atoms. The number of carbonyl (C=O) groups is 2. The summed E-state index contributed by atoms with van der Waals surface area (Å²) in [6.45, 7) is 0.131. The van der Waals surface area contributed by atoms with Gasteiger partial charge in [0, 0.05) is 12.1 Å². The number of esters is 2. The third-order valence-corrected chi connectivity index (χ3v) is 5.33. The maximum Gasteiger partial charge on any atom is 0.347 e. The lowest BCUT2D eigenvalue weighted by molar-refractivity contribution is -0.145. The van der Waals surface area contributed by atoms with Crippen LogP contribution in [0.1, 0.15) is 16.8 Å². The Balaban J connectivity index is 1.82. The van der Waals surface area contributed by atoms with Crippen LogP contribution in [0.2, 0.25) is 0 Å². The number of cyclic esters (lactones) is 1. The van der Waals surface area contributed by atoms with Gasteiger partial charge in [-0.1, -0.05) is 0 Å². The van der Waals surface area contributed by atoms with Crippen LogP contribution in [0.3, 0.4) is 0 Å². The van der Waals surface area contributed by atoms with E-state index in [-0.39, 0.29) is 24.3 Å². The van der Waals surface area contributed by atoms with Crippen molar-refractivity contribution in [1.82, 2.24) is 0 Å². The van der Waals surface area contributed by atoms with E-state index in [0.29, 0.717) is 5.75 Å². The Hall–Kier alpha value is -3.14. The van der Waals surface area contributed by atoms with E-state index in [2.05, 4.69) is 4.72 Å². The Kier molecular flexibility index (Phi) is 5.50. The molecule has 0 spiro atoms. The first-order valence-electron chi connectivity index (χ1n) is 8.14. The Morgan fingerprint density at radius 2 is 1.93 bits per heavy atom. The van der Waals surface area contributed by atoms with Crippen molar-refractivity contribution < 1.29 is 36.6 Å². The molecule has 2 aromatic carbocycles. The van der Waals surface area contributed by atoms with E-state index in [1.807, 2.05) is 0 Å². The lowest BCUT2D eigenvalue weighted by atomic mass is 10.2. The van der Waals surface area contributed by atoms with Crippen molar-refractivity contribution in [3.63, 3.8) is 0 Å². The third kappa shape index (κ3) is 4.22. The minimum atomic E-state index is -4.32. The van der Waals surface area contributed by atoms with E-state index < -0.39 is 38.8 Å². The predicted octanol–water partition coefficient (Wildman–Crippen LogP) is 2.11. The molecule has 1 unspecified atom stereocenters. The summed E-state index contributed by atoms with van der Waals surface area (Å²) in [5.74, 6) is -2.16. The molecule has 1 atom stereocenters. The van der Waals surface area contributed by atoms with Gasteiger partial charge in [0.15, 0.2) is 0 Å². The summed E-state index contributed by atoms with van der Waals surface area (Å²) in [7, 11) is -2.86. The van der Waals surface area contributed by atoms with Crippen LogP contribution in [0.4, 0.5) is 10.1 Å². The van der Waals surface area contributed by atoms with Crippen LogP contribution < -0.4 is 9.46 Å². The number of hydrogen-bond acceptors (Lipinski definition) is 7. The molecule has 0 aromatic heterocycles. The first-order chi connectivity index (χ1) is 13.3. The summed E-state index contributed by atoms with van der Waals surface area (Å²) in [5.41, 5.74) is -0.0295. The van der Waals surface area contributed by atoms with Gasteiger partial charge in [-0.3, -0.25) is 4.72 Å². The largest absolute Gasteiger partial charge is 0.497 e. The number of anilines is 1. The van der Waals surface area contributed by atoms with Crippen molar-refractivity contribution >= 4 is 27.6 Å². The fourth-order valence-corrected chi connectivity index (χ4v) is 3.65. The van der Waals surface area contributed by atoms with Crippen molar-refractivity contribution in [1.29, 1.82) is 0 Å². The number of ether oxygens (including phenoxy) is 3. The standard InChI is InChI=1S/C18H16FNO7S/c1-25-13-5-3-12(4-6-13)20-28(23,24)16-10-11(2-7-14(16)19)17(21)27-15-8-9-26-18(15)22/h2-7,10,15,20H,8-9H2,1H3. The van der Waals surface area contributed by atoms with Crippen LogP contribution >= 0.6 is 0 Å². The quantitative estimate of drug-likeness (QED) is 0.728. The van der Waals surface area contributed by atoms with Gasteiger partial charge in [-0.05, 0) is 42.5 Å². The van der Waals surface area contributed by atoms with Gasteiger partial charge in [0.25, 0.3) is 10.0 Å². The lowest BCUT2D eigenvalue weighted by Crippen LogP contribution is -2.23. The average molecular weight is 409 g/mol.